The Hall–Kier alpha value is -0.870. The van der Waals surface area contributed by atoms with Crippen LogP contribution in [0.15, 0.2) is 12.5 Å². The molecule has 5 heteroatoms. The van der Waals surface area contributed by atoms with Gasteiger partial charge in [-0.05, 0) is 19.4 Å². The quantitative estimate of drug-likeness (QED) is 0.703. The molecule has 0 unspecified atom stereocenters. The SMILES string of the molecule is NCCCCNc1ncncc1Cl. The zero-order chi connectivity index (χ0) is 9.52. The maximum atomic E-state index is 5.82. The summed E-state index contributed by atoms with van der Waals surface area (Å²) in [7, 11) is 0. The van der Waals surface area contributed by atoms with Crippen molar-refractivity contribution in [3.05, 3.63) is 17.5 Å². The molecule has 13 heavy (non-hydrogen) atoms. The third-order valence-corrected chi connectivity index (χ3v) is 1.87. The van der Waals surface area contributed by atoms with Gasteiger partial charge in [0.1, 0.15) is 17.2 Å². The summed E-state index contributed by atoms with van der Waals surface area (Å²) >= 11 is 5.82. The largest absolute Gasteiger partial charge is 0.369 e. The summed E-state index contributed by atoms with van der Waals surface area (Å²) in [6, 6.07) is 0. The number of nitrogens with zero attached hydrogens (tertiary/aromatic N) is 2. The zero-order valence-electron chi connectivity index (χ0n) is 7.33. The molecule has 72 valence electrons. The molecule has 0 aliphatic rings. The topological polar surface area (TPSA) is 63.8 Å². The summed E-state index contributed by atoms with van der Waals surface area (Å²) in [5.74, 6) is 0.689. The molecule has 0 fully saturated rings. The lowest BCUT2D eigenvalue weighted by molar-refractivity contribution is 0.772. The summed E-state index contributed by atoms with van der Waals surface area (Å²) in [6.07, 6.45) is 5.07. The fourth-order valence-corrected chi connectivity index (χ4v) is 1.09. The van der Waals surface area contributed by atoms with Gasteiger partial charge in [0.05, 0.1) is 6.20 Å². The van der Waals surface area contributed by atoms with Crippen molar-refractivity contribution in [3.63, 3.8) is 0 Å². The van der Waals surface area contributed by atoms with Gasteiger partial charge < -0.3 is 11.1 Å². The average Bonchev–Trinajstić information content (AvgIpc) is 2.15. The van der Waals surface area contributed by atoms with Gasteiger partial charge in [0.25, 0.3) is 0 Å². The number of nitrogens with one attached hydrogen (secondary N) is 1. The standard InChI is InChI=1S/C8H13ClN4/c9-7-5-11-6-13-8(7)12-4-2-1-3-10/h5-6H,1-4,10H2,(H,11,12,13). The molecule has 0 saturated carbocycles. The number of aromatic nitrogens is 2. The predicted molar refractivity (Wildman–Crippen MR) is 53.8 cm³/mol. The first-order valence-electron chi connectivity index (χ1n) is 4.24. The molecule has 1 aromatic heterocycles. The number of hydrogen-bond acceptors (Lipinski definition) is 4. The van der Waals surface area contributed by atoms with E-state index in [1.165, 1.54) is 6.33 Å². The minimum Gasteiger partial charge on any atom is -0.369 e. The number of rotatable bonds is 5. The lowest BCUT2D eigenvalue weighted by atomic mass is 10.3. The number of unbranched alkanes of at least 4 members (excludes halogenated alkanes) is 1. The second-order valence-corrected chi connectivity index (χ2v) is 3.05. The van der Waals surface area contributed by atoms with Gasteiger partial charge >= 0.3 is 0 Å². The molecular formula is C8H13ClN4. The van der Waals surface area contributed by atoms with Crippen LogP contribution in [0.3, 0.4) is 0 Å². The smallest absolute Gasteiger partial charge is 0.148 e. The Bertz CT molecular complexity index is 254. The van der Waals surface area contributed by atoms with Crippen LogP contribution in [0.4, 0.5) is 5.82 Å². The van der Waals surface area contributed by atoms with E-state index in [0.717, 1.165) is 25.9 Å². The third-order valence-electron chi connectivity index (χ3n) is 1.59. The van der Waals surface area contributed by atoms with Crippen molar-refractivity contribution in [2.75, 3.05) is 18.4 Å². The van der Waals surface area contributed by atoms with Gasteiger partial charge in [0.15, 0.2) is 0 Å². The number of anilines is 1. The molecule has 4 nitrogen and oxygen atoms in total. The molecule has 0 aliphatic carbocycles. The van der Waals surface area contributed by atoms with Crippen LogP contribution in [0.2, 0.25) is 5.02 Å². The number of nitrogens with two attached hydrogens (primary N) is 1. The third kappa shape index (κ3) is 3.57. The van der Waals surface area contributed by atoms with Crippen LogP contribution in [0.25, 0.3) is 0 Å². The van der Waals surface area contributed by atoms with E-state index in [1.807, 2.05) is 0 Å². The van der Waals surface area contributed by atoms with Gasteiger partial charge in [-0.15, -0.1) is 0 Å². The molecule has 0 atom stereocenters. The summed E-state index contributed by atoms with van der Waals surface area (Å²) in [5, 5.41) is 3.66. The van der Waals surface area contributed by atoms with Crippen LogP contribution in [0.1, 0.15) is 12.8 Å². The van der Waals surface area contributed by atoms with Gasteiger partial charge in [-0.1, -0.05) is 11.6 Å². The molecule has 0 saturated heterocycles. The van der Waals surface area contributed by atoms with E-state index in [4.69, 9.17) is 17.3 Å². The Kier molecular flexibility index (Phi) is 4.49. The highest BCUT2D eigenvalue weighted by molar-refractivity contribution is 6.32. The zero-order valence-corrected chi connectivity index (χ0v) is 8.09. The highest BCUT2D eigenvalue weighted by Crippen LogP contribution is 2.15. The molecule has 0 aliphatic heterocycles. The van der Waals surface area contributed by atoms with E-state index < -0.39 is 0 Å². The lowest BCUT2D eigenvalue weighted by Gasteiger charge is -2.05. The van der Waals surface area contributed by atoms with E-state index in [9.17, 15) is 0 Å². The van der Waals surface area contributed by atoms with Gasteiger partial charge in [0.2, 0.25) is 0 Å². The van der Waals surface area contributed by atoms with E-state index in [2.05, 4.69) is 15.3 Å². The molecule has 0 spiro atoms. The first-order valence-corrected chi connectivity index (χ1v) is 4.62. The van der Waals surface area contributed by atoms with Crippen LogP contribution >= 0.6 is 11.6 Å². The maximum absolute atomic E-state index is 5.82. The van der Waals surface area contributed by atoms with Crippen LogP contribution in [0.5, 0.6) is 0 Å². The Morgan fingerprint density at radius 1 is 1.46 bits per heavy atom. The Morgan fingerprint density at radius 2 is 2.31 bits per heavy atom. The van der Waals surface area contributed by atoms with Crippen molar-refractivity contribution in [3.8, 4) is 0 Å². The van der Waals surface area contributed by atoms with E-state index in [-0.39, 0.29) is 0 Å². The average molecular weight is 201 g/mol. The van der Waals surface area contributed by atoms with E-state index >= 15 is 0 Å². The summed E-state index contributed by atoms with van der Waals surface area (Å²) in [6.45, 7) is 1.56. The molecule has 1 heterocycles. The lowest BCUT2D eigenvalue weighted by Crippen LogP contribution is -2.07. The van der Waals surface area contributed by atoms with Gasteiger partial charge in [-0.2, -0.15) is 0 Å². The molecule has 1 rings (SSSR count). The van der Waals surface area contributed by atoms with Crippen LogP contribution in [-0.4, -0.2) is 23.1 Å². The van der Waals surface area contributed by atoms with Crippen molar-refractivity contribution < 1.29 is 0 Å². The normalized spacial score (nSPS) is 10.0. The summed E-state index contributed by atoms with van der Waals surface area (Å²) < 4.78 is 0. The van der Waals surface area contributed by atoms with E-state index in [1.54, 1.807) is 6.20 Å². The number of hydrogen-bond donors (Lipinski definition) is 2. The molecule has 0 aromatic carbocycles. The molecular weight excluding hydrogens is 188 g/mol. The minimum atomic E-state index is 0.551. The molecule has 1 aromatic rings. The Labute approximate surface area is 82.5 Å². The van der Waals surface area contributed by atoms with Gasteiger partial charge in [-0.25, -0.2) is 9.97 Å². The molecule has 0 radical (unpaired) electrons. The monoisotopic (exact) mass is 200 g/mol. The van der Waals surface area contributed by atoms with Crippen molar-refractivity contribution in [2.24, 2.45) is 5.73 Å². The fourth-order valence-electron chi connectivity index (χ4n) is 0.919. The maximum Gasteiger partial charge on any atom is 0.148 e. The van der Waals surface area contributed by atoms with Crippen LogP contribution < -0.4 is 11.1 Å². The first kappa shape index (κ1) is 10.2. The van der Waals surface area contributed by atoms with Crippen LogP contribution in [0, 0.1) is 0 Å². The highest BCUT2D eigenvalue weighted by atomic mass is 35.5. The first-order chi connectivity index (χ1) is 6.34. The molecule has 0 amide bonds. The fraction of sp³-hybridized carbons (Fsp3) is 0.500. The molecule has 3 N–H and O–H groups in total. The van der Waals surface area contributed by atoms with Gasteiger partial charge in [0, 0.05) is 6.54 Å². The minimum absolute atomic E-state index is 0.551. The van der Waals surface area contributed by atoms with Crippen molar-refractivity contribution >= 4 is 17.4 Å². The Balaban J connectivity index is 2.32. The second-order valence-electron chi connectivity index (χ2n) is 2.64. The van der Waals surface area contributed by atoms with Crippen molar-refractivity contribution in [2.45, 2.75) is 12.8 Å². The molecule has 0 bridgehead atoms. The summed E-state index contributed by atoms with van der Waals surface area (Å²) in [4.78, 5) is 7.78. The van der Waals surface area contributed by atoms with E-state index in [0.29, 0.717) is 10.8 Å². The van der Waals surface area contributed by atoms with Crippen LogP contribution in [-0.2, 0) is 0 Å². The van der Waals surface area contributed by atoms with Crippen molar-refractivity contribution in [1.29, 1.82) is 0 Å². The Morgan fingerprint density at radius 3 is 3.00 bits per heavy atom. The predicted octanol–water partition coefficient (Wildman–Crippen LogP) is 1.28. The highest BCUT2D eigenvalue weighted by Gasteiger charge is 1.98. The number of halogens is 1. The second kappa shape index (κ2) is 5.72. The van der Waals surface area contributed by atoms with Gasteiger partial charge in [-0.3, -0.25) is 0 Å². The summed E-state index contributed by atoms with van der Waals surface area (Å²) in [5.41, 5.74) is 5.36. The van der Waals surface area contributed by atoms with Crippen molar-refractivity contribution in [1.82, 2.24) is 9.97 Å².